The Morgan fingerprint density at radius 1 is 1.07 bits per heavy atom. The highest BCUT2D eigenvalue weighted by Gasteiger charge is 2.21. The van der Waals surface area contributed by atoms with Gasteiger partial charge in [0.05, 0.1) is 11.4 Å². The van der Waals surface area contributed by atoms with Crippen molar-refractivity contribution in [2.75, 3.05) is 13.1 Å². The van der Waals surface area contributed by atoms with Crippen molar-refractivity contribution in [3.05, 3.63) is 71.4 Å². The van der Waals surface area contributed by atoms with Crippen LogP contribution in [-0.2, 0) is 11.2 Å². The summed E-state index contributed by atoms with van der Waals surface area (Å²) in [6.45, 7) is 6.97. The number of para-hydroxylation sites is 1. The second-order valence-electron chi connectivity index (χ2n) is 6.86. The minimum Gasteiger partial charge on any atom is -0.436 e. The van der Waals surface area contributed by atoms with Crippen LogP contribution in [0.1, 0.15) is 31.5 Å². The predicted octanol–water partition coefficient (Wildman–Crippen LogP) is 5.05. The number of benzene rings is 2. The van der Waals surface area contributed by atoms with Gasteiger partial charge >= 0.3 is 0 Å². The van der Waals surface area contributed by atoms with Crippen molar-refractivity contribution in [2.24, 2.45) is 0 Å². The summed E-state index contributed by atoms with van der Waals surface area (Å²) >= 11 is 0. The molecule has 0 unspecified atom stereocenters. The fraction of sp³-hybridized carbons (Fsp3) is 0.304. The van der Waals surface area contributed by atoms with Crippen molar-refractivity contribution in [3.63, 3.8) is 0 Å². The Hall–Kier alpha value is -3.22. The maximum atomic E-state index is 14.2. The van der Waals surface area contributed by atoms with Crippen LogP contribution in [0.15, 0.2) is 48.5 Å². The summed E-state index contributed by atoms with van der Waals surface area (Å²) in [5.41, 5.74) is 1.95. The molecule has 0 saturated carbocycles. The highest BCUT2D eigenvalue weighted by Crippen LogP contribution is 2.32. The molecule has 2 aromatic carbocycles. The lowest BCUT2D eigenvalue weighted by Crippen LogP contribution is -2.30. The van der Waals surface area contributed by atoms with Crippen LogP contribution >= 0.6 is 0 Å². The zero-order chi connectivity index (χ0) is 21.7. The first-order valence-corrected chi connectivity index (χ1v) is 9.99. The summed E-state index contributed by atoms with van der Waals surface area (Å²) in [4.78, 5) is 14.2. The van der Waals surface area contributed by atoms with Gasteiger partial charge < -0.3 is 9.64 Å². The second-order valence-corrected chi connectivity index (χ2v) is 6.86. The molecule has 7 heteroatoms. The molecule has 3 rings (SSSR count). The van der Waals surface area contributed by atoms with E-state index in [4.69, 9.17) is 4.74 Å². The number of aromatic nitrogens is 2. The van der Waals surface area contributed by atoms with E-state index >= 15 is 0 Å². The summed E-state index contributed by atoms with van der Waals surface area (Å²) in [6, 6.07) is 11.9. The Labute approximate surface area is 174 Å². The summed E-state index contributed by atoms with van der Waals surface area (Å²) in [5, 5.41) is 4.52. The molecule has 0 radical (unpaired) electrons. The predicted molar refractivity (Wildman–Crippen MR) is 111 cm³/mol. The maximum Gasteiger partial charge on any atom is 0.226 e. The third kappa shape index (κ3) is 4.67. The number of halogens is 2. The number of carbonyl (C=O) groups excluding carboxylic acids is 1. The van der Waals surface area contributed by atoms with Gasteiger partial charge in [-0.15, -0.1) is 0 Å². The lowest BCUT2D eigenvalue weighted by atomic mass is 10.1. The quantitative estimate of drug-likeness (QED) is 0.519. The van der Waals surface area contributed by atoms with Gasteiger partial charge in [0, 0.05) is 25.1 Å². The molecule has 0 fully saturated rings. The monoisotopic (exact) mass is 413 g/mol. The number of hydrogen-bond donors (Lipinski definition) is 0. The molecule has 0 aliphatic carbocycles. The van der Waals surface area contributed by atoms with Crippen LogP contribution in [0.3, 0.4) is 0 Å². The van der Waals surface area contributed by atoms with Gasteiger partial charge in [-0.25, -0.2) is 13.5 Å². The van der Waals surface area contributed by atoms with Crippen LogP contribution < -0.4 is 4.74 Å². The minimum atomic E-state index is -0.507. The molecule has 30 heavy (non-hydrogen) atoms. The topological polar surface area (TPSA) is 47.4 Å². The largest absolute Gasteiger partial charge is 0.436 e. The molecule has 1 heterocycles. The van der Waals surface area contributed by atoms with E-state index in [1.54, 1.807) is 29.2 Å². The van der Waals surface area contributed by atoms with E-state index in [0.29, 0.717) is 42.3 Å². The maximum absolute atomic E-state index is 14.2. The SMILES string of the molecule is CCN(CC)C(=O)CCc1c(C)nn(-c2ccc(F)cc2)c1Oc1ccccc1F. The fourth-order valence-corrected chi connectivity index (χ4v) is 3.29. The Morgan fingerprint density at radius 2 is 1.73 bits per heavy atom. The van der Waals surface area contributed by atoms with Crippen LogP contribution in [-0.4, -0.2) is 33.7 Å². The van der Waals surface area contributed by atoms with Crippen LogP contribution in [0.2, 0.25) is 0 Å². The van der Waals surface area contributed by atoms with Gasteiger partial charge in [0.2, 0.25) is 11.8 Å². The van der Waals surface area contributed by atoms with Gasteiger partial charge in [-0.1, -0.05) is 12.1 Å². The van der Waals surface area contributed by atoms with Gasteiger partial charge in [0.15, 0.2) is 11.6 Å². The van der Waals surface area contributed by atoms with Crippen molar-refractivity contribution in [1.29, 1.82) is 0 Å². The molecule has 158 valence electrons. The molecule has 0 aliphatic rings. The molecular weight excluding hydrogens is 388 g/mol. The van der Waals surface area contributed by atoms with Crippen molar-refractivity contribution in [1.82, 2.24) is 14.7 Å². The van der Waals surface area contributed by atoms with Crippen molar-refractivity contribution in [3.8, 4) is 17.3 Å². The smallest absolute Gasteiger partial charge is 0.226 e. The van der Waals surface area contributed by atoms with E-state index in [1.807, 2.05) is 20.8 Å². The zero-order valence-corrected chi connectivity index (χ0v) is 17.4. The summed E-state index contributed by atoms with van der Waals surface area (Å²) in [6.07, 6.45) is 0.678. The molecule has 0 saturated heterocycles. The first-order valence-electron chi connectivity index (χ1n) is 9.99. The summed E-state index contributed by atoms with van der Waals surface area (Å²) in [7, 11) is 0. The average Bonchev–Trinajstić information content (AvgIpc) is 3.04. The Balaban J connectivity index is 1.99. The van der Waals surface area contributed by atoms with Gasteiger partial charge in [-0.2, -0.15) is 5.10 Å². The summed E-state index contributed by atoms with van der Waals surface area (Å²) < 4.78 is 35.1. The van der Waals surface area contributed by atoms with Gasteiger partial charge in [0.1, 0.15) is 5.82 Å². The lowest BCUT2D eigenvalue weighted by molar-refractivity contribution is -0.130. The number of rotatable bonds is 8. The average molecular weight is 413 g/mol. The third-order valence-corrected chi connectivity index (χ3v) is 4.96. The number of hydrogen-bond acceptors (Lipinski definition) is 3. The van der Waals surface area contributed by atoms with Gasteiger partial charge in [-0.05, 0) is 63.6 Å². The summed E-state index contributed by atoms with van der Waals surface area (Å²) in [5.74, 6) is -0.476. The van der Waals surface area contributed by atoms with Crippen LogP contribution in [0.4, 0.5) is 8.78 Å². The number of nitrogens with zero attached hydrogens (tertiary/aromatic N) is 3. The Morgan fingerprint density at radius 3 is 2.37 bits per heavy atom. The standard InChI is InChI=1S/C23H25F2N3O2/c1-4-27(5-2)22(29)15-14-19-16(3)26-28(18-12-10-17(24)11-13-18)23(19)30-21-9-7-6-8-20(21)25/h6-13H,4-5,14-15H2,1-3H3. The molecule has 0 aliphatic heterocycles. The molecule has 5 nitrogen and oxygen atoms in total. The van der Waals surface area contributed by atoms with Gasteiger partial charge in [0.25, 0.3) is 0 Å². The van der Waals surface area contributed by atoms with Crippen LogP contribution in [0.5, 0.6) is 11.6 Å². The Bertz CT molecular complexity index is 1010. The molecule has 0 N–H and O–H groups in total. The Kier molecular flexibility index (Phi) is 6.82. The zero-order valence-electron chi connectivity index (χ0n) is 17.4. The second kappa shape index (κ2) is 9.52. The van der Waals surface area contributed by atoms with E-state index in [0.717, 1.165) is 0 Å². The minimum absolute atomic E-state index is 0.0331. The highest BCUT2D eigenvalue weighted by atomic mass is 19.1. The van der Waals surface area contributed by atoms with Crippen LogP contribution in [0, 0.1) is 18.6 Å². The van der Waals surface area contributed by atoms with Crippen LogP contribution in [0.25, 0.3) is 5.69 Å². The normalized spacial score (nSPS) is 10.8. The molecule has 1 amide bonds. The number of carbonyl (C=O) groups is 1. The van der Waals surface area contributed by atoms with Crippen molar-refractivity contribution < 1.29 is 18.3 Å². The van der Waals surface area contributed by atoms with Crippen molar-refractivity contribution >= 4 is 5.91 Å². The molecule has 1 aromatic heterocycles. The molecule has 0 spiro atoms. The molecular formula is C23H25F2N3O2. The number of aryl methyl sites for hydroxylation is 1. The highest BCUT2D eigenvalue weighted by molar-refractivity contribution is 5.76. The molecule has 0 bridgehead atoms. The first kappa shape index (κ1) is 21.5. The van der Waals surface area contributed by atoms with E-state index in [9.17, 15) is 13.6 Å². The third-order valence-electron chi connectivity index (χ3n) is 4.96. The van der Waals surface area contributed by atoms with E-state index in [-0.39, 0.29) is 23.9 Å². The number of ether oxygens (including phenoxy) is 1. The molecule has 0 atom stereocenters. The van der Waals surface area contributed by atoms with E-state index in [2.05, 4.69) is 5.10 Å². The van der Waals surface area contributed by atoms with E-state index in [1.165, 1.54) is 28.9 Å². The first-order chi connectivity index (χ1) is 14.4. The van der Waals surface area contributed by atoms with Crippen molar-refractivity contribution in [2.45, 2.75) is 33.6 Å². The fourth-order valence-electron chi connectivity index (χ4n) is 3.29. The van der Waals surface area contributed by atoms with Gasteiger partial charge in [-0.3, -0.25) is 4.79 Å². The lowest BCUT2D eigenvalue weighted by Gasteiger charge is -2.18. The molecule has 3 aromatic rings. The number of amides is 1. The van der Waals surface area contributed by atoms with E-state index < -0.39 is 5.82 Å².